The zero-order valence-electron chi connectivity index (χ0n) is 8.44. The quantitative estimate of drug-likeness (QED) is 0.542. The van der Waals surface area contributed by atoms with Crippen LogP contribution in [0.5, 0.6) is 0 Å². The van der Waals surface area contributed by atoms with E-state index < -0.39 is 29.4 Å². The number of amides is 1. The van der Waals surface area contributed by atoms with Gasteiger partial charge in [-0.1, -0.05) is 0 Å². The molecular formula is C9H15NO4. The first-order valence-corrected chi connectivity index (χ1v) is 4.53. The van der Waals surface area contributed by atoms with Crippen molar-refractivity contribution in [1.82, 2.24) is 5.32 Å². The number of aliphatic carboxylic acids is 1. The average molecular weight is 201 g/mol. The molecule has 0 aromatic carbocycles. The summed E-state index contributed by atoms with van der Waals surface area (Å²) in [5.74, 6) is -1.94. The summed E-state index contributed by atoms with van der Waals surface area (Å²) in [7, 11) is 0. The predicted molar refractivity (Wildman–Crippen MR) is 48.5 cm³/mol. The molecule has 0 aliphatic carbocycles. The van der Waals surface area contributed by atoms with Gasteiger partial charge in [0.05, 0.1) is 23.5 Å². The summed E-state index contributed by atoms with van der Waals surface area (Å²) in [5.41, 5.74) is -0.974. The third-order valence-electron chi connectivity index (χ3n) is 3.18. The molecule has 1 rings (SSSR count). The van der Waals surface area contributed by atoms with Gasteiger partial charge in [-0.15, -0.1) is 0 Å². The number of hydrogen-bond donors (Lipinski definition) is 3. The summed E-state index contributed by atoms with van der Waals surface area (Å²) in [6.45, 7) is 4.61. The highest BCUT2D eigenvalue weighted by Crippen LogP contribution is 2.38. The van der Waals surface area contributed by atoms with Crippen molar-refractivity contribution in [2.75, 3.05) is 0 Å². The summed E-state index contributed by atoms with van der Waals surface area (Å²) < 4.78 is 0. The van der Waals surface area contributed by atoms with Crippen LogP contribution in [0, 0.1) is 11.3 Å². The Labute approximate surface area is 82.1 Å². The number of carboxylic acid groups (broad SMARTS) is 1. The molecule has 14 heavy (non-hydrogen) atoms. The van der Waals surface area contributed by atoms with Crippen molar-refractivity contribution in [2.45, 2.75) is 32.9 Å². The number of β-lactam (4-membered cyclic amide) rings is 1. The van der Waals surface area contributed by atoms with Gasteiger partial charge in [-0.25, -0.2) is 0 Å². The Bertz CT molecular complexity index is 276. The van der Waals surface area contributed by atoms with Crippen molar-refractivity contribution in [3.8, 4) is 0 Å². The molecule has 1 aliphatic rings. The second kappa shape index (κ2) is 3.24. The molecule has 3 N–H and O–H groups in total. The molecular weight excluding hydrogens is 186 g/mol. The van der Waals surface area contributed by atoms with E-state index in [0.717, 1.165) is 0 Å². The first-order chi connectivity index (χ1) is 6.31. The monoisotopic (exact) mass is 201 g/mol. The van der Waals surface area contributed by atoms with E-state index in [-0.39, 0.29) is 5.91 Å². The standard InChI is InChI=1S/C9H15NO4/c1-4(7(12)13)6-9(3,5(2)11)8(14)10-6/h4-6,11H,1-3H3,(H,10,14)(H,12,13)/t4?,5-,6?,9+/m0/s1. The fraction of sp³-hybridized carbons (Fsp3) is 0.778. The van der Waals surface area contributed by atoms with E-state index in [9.17, 15) is 14.7 Å². The first kappa shape index (κ1) is 11.0. The summed E-state index contributed by atoms with van der Waals surface area (Å²) in [4.78, 5) is 22.0. The Morgan fingerprint density at radius 2 is 2.07 bits per heavy atom. The number of hydrogen-bond acceptors (Lipinski definition) is 3. The number of nitrogens with one attached hydrogen (secondary N) is 1. The van der Waals surface area contributed by atoms with Crippen LogP contribution >= 0.6 is 0 Å². The smallest absolute Gasteiger partial charge is 0.308 e. The van der Waals surface area contributed by atoms with Crippen LogP contribution in [0.15, 0.2) is 0 Å². The normalized spacial score (nSPS) is 35.4. The molecule has 80 valence electrons. The van der Waals surface area contributed by atoms with Gasteiger partial charge in [-0.2, -0.15) is 0 Å². The molecule has 0 aromatic heterocycles. The zero-order valence-corrected chi connectivity index (χ0v) is 8.44. The molecule has 0 bridgehead atoms. The average Bonchev–Trinajstić information content (AvgIpc) is 2.10. The SMILES string of the molecule is CC(C(=O)O)C1NC(=O)[C@]1(C)[C@H](C)O. The Balaban J connectivity index is 2.85. The van der Waals surface area contributed by atoms with Gasteiger partial charge < -0.3 is 15.5 Å². The number of carboxylic acids is 1. The van der Waals surface area contributed by atoms with Crippen molar-refractivity contribution in [1.29, 1.82) is 0 Å². The van der Waals surface area contributed by atoms with Crippen molar-refractivity contribution < 1.29 is 19.8 Å². The number of aliphatic hydroxyl groups is 1. The maximum atomic E-state index is 11.3. The van der Waals surface area contributed by atoms with Gasteiger partial charge in [-0.3, -0.25) is 9.59 Å². The summed E-state index contributed by atoms with van der Waals surface area (Å²) in [6.07, 6.45) is -0.844. The van der Waals surface area contributed by atoms with Crippen LogP contribution in [0.1, 0.15) is 20.8 Å². The summed E-state index contributed by atoms with van der Waals surface area (Å²) >= 11 is 0. The fourth-order valence-electron chi connectivity index (χ4n) is 1.75. The molecule has 1 saturated heterocycles. The highest BCUT2D eigenvalue weighted by Gasteiger charge is 2.57. The van der Waals surface area contributed by atoms with Crippen LogP contribution in [-0.4, -0.2) is 34.2 Å². The minimum Gasteiger partial charge on any atom is -0.481 e. The van der Waals surface area contributed by atoms with Crippen LogP contribution < -0.4 is 5.32 Å². The van der Waals surface area contributed by atoms with Crippen LogP contribution in [0.2, 0.25) is 0 Å². The van der Waals surface area contributed by atoms with Gasteiger partial charge >= 0.3 is 5.97 Å². The van der Waals surface area contributed by atoms with Crippen molar-refractivity contribution >= 4 is 11.9 Å². The largest absolute Gasteiger partial charge is 0.481 e. The van der Waals surface area contributed by atoms with Gasteiger partial charge in [0.15, 0.2) is 0 Å². The summed E-state index contributed by atoms with van der Waals surface area (Å²) in [5, 5.41) is 20.7. The van der Waals surface area contributed by atoms with E-state index in [1.54, 1.807) is 6.92 Å². The third kappa shape index (κ3) is 1.28. The fourth-order valence-corrected chi connectivity index (χ4v) is 1.75. The predicted octanol–water partition coefficient (Wildman–Crippen LogP) is -0.407. The number of carbonyl (C=O) groups excluding carboxylic acids is 1. The lowest BCUT2D eigenvalue weighted by molar-refractivity contribution is -0.163. The molecule has 1 amide bonds. The maximum Gasteiger partial charge on any atom is 0.308 e. The van der Waals surface area contributed by atoms with Gasteiger partial charge in [0.2, 0.25) is 5.91 Å². The van der Waals surface area contributed by atoms with Crippen molar-refractivity contribution in [2.24, 2.45) is 11.3 Å². The van der Waals surface area contributed by atoms with E-state index >= 15 is 0 Å². The van der Waals surface area contributed by atoms with Crippen molar-refractivity contribution in [3.05, 3.63) is 0 Å². The second-order valence-electron chi connectivity index (χ2n) is 4.04. The number of rotatable bonds is 3. The zero-order chi connectivity index (χ0) is 11.1. The van der Waals surface area contributed by atoms with Crippen molar-refractivity contribution in [3.63, 3.8) is 0 Å². The second-order valence-corrected chi connectivity index (χ2v) is 4.04. The molecule has 4 atom stereocenters. The molecule has 1 heterocycles. The number of aliphatic hydroxyl groups excluding tert-OH is 1. The van der Waals surface area contributed by atoms with Gasteiger partial charge in [-0.05, 0) is 20.8 Å². The molecule has 0 spiro atoms. The Morgan fingerprint density at radius 3 is 2.36 bits per heavy atom. The van der Waals surface area contributed by atoms with Crippen LogP contribution in [-0.2, 0) is 9.59 Å². The third-order valence-corrected chi connectivity index (χ3v) is 3.18. The first-order valence-electron chi connectivity index (χ1n) is 4.53. The minimum atomic E-state index is -0.974. The van der Waals surface area contributed by atoms with Crippen LogP contribution in [0.3, 0.4) is 0 Å². The molecule has 1 fully saturated rings. The van der Waals surface area contributed by atoms with Gasteiger partial charge in [0.1, 0.15) is 0 Å². The van der Waals surface area contributed by atoms with Gasteiger partial charge in [0, 0.05) is 0 Å². The highest BCUT2D eigenvalue weighted by molar-refractivity contribution is 5.92. The molecule has 0 radical (unpaired) electrons. The molecule has 5 nitrogen and oxygen atoms in total. The molecule has 1 aliphatic heterocycles. The van der Waals surface area contributed by atoms with E-state index in [1.807, 2.05) is 0 Å². The molecule has 5 heteroatoms. The van der Waals surface area contributed by atoms with Crippen LogP contribution in [0.4, 0.5) is 0 Å². The van der Waals surface area contributed by atoms with E-state index in [2.05, 4.69) is 5.32 Å². The van der Waals surface area contributed by atoms with Gasteiger partial charge in [0.25, 0.3) is 0 Å². The maximum absolute atomic E-state index is 11.3. The molecule has 0 aromatic rings. The lowest BCUT2D eigenvalue weighted by Gasteiger charge is -2.49. The lowest BCUT2D eigenvalue weighted by Crippen LogP contribution is -2.72. The molecule has 2 unspecified atom stereocenters. The Kier molecular flexibility index (Phi) is 2.54. The van der Waals surface area contributed by atoms with E-state index in [0.29, 0.717) is 0 Å². The minimum absolute atomic E-state index is 0.286. The van der Waals surface area contributed by atoms with Crippen LogP contribution in [0.25, 0.3) is 0 Å². The Morgan fingerprint density at radius 1 is 1.57 bits per heavy atom. The molecule has 0 saturated carbocycles. The number of carbonyl (C=O) groups is 2. The Hall–Kier alpha value is -1.10. The van der Waals surface area contributed by atoms with E-state index in [4.69, 9.17) is 5.11 Å². The highest BCUT2D eigenvalue weighted by atomic mass is 16.4. The van der Waals surface area contributed by atoms with E-state index in [1.165, 1.54) is 13.8 Å². The topological polar surface area (TPSA) is 86.6 Å². The lowest BCUT2D eigenvalue weighted by atomic mass is 9.66. The summed E-state index contributed by atoms with van der Waals surface area (Å²) in [6, 6.07) is -0.493.